The number of carbonyl (C=O) groups is 1. The van der Waals surface area contributed by atoms with Crippen molar-refractivity contribution in [2.75, 3.05) is 20.3 Å². The van der Waals surface area contributed by atoms with E-state index in [9.17, 15) is 4.79 Å². The Bertz CT molecular complexity index is 149. The van der Waals surface area contributed by atoms with Crippen molar-refractivity contribution in [3.8, 4) is 0 Å². The molecule has 0 saturated carbocycles. The van der Waals surface area contributed by atoms with Crippen LogP contribution in [0.4, 0.5) is 0 Å². The minimum atomic E-state index is -0.221. The Kier molecular flexibility index (Phi) is 2.84. The summed E-state index contributed by atoms with van der Waals surface area (Å²) in [6.07, 6.45) is 0.674. The number of rotatable bonds is 1. The van der Waals surface area contributed by atoms with E-state index >= 15 is 0 Å². The largest absolute Gasteiger partial charge is 0.469 e. The standard InChI is InChI=1S/C7H13NO3/c1-10-7(9)5-2-3-11-4-6(5)8/h5-6H,2-4,8H2,1H3/t5-,6+/m0/s1. The molecule has 0 spiro atoms. The average Bonchev–Trinajstić information content (AvgIpc) is 2.04. The summed E-state index contributed by atoms with van der Waals surface area (Å²) in [5, 5.41) is 0. The summed E-state index contributed by atoms with van der Waals surface area (Å²) in [5.74, 6) is -0.394. The molecule has 2 N–H and O–H groups in total. The predicted octanol–water partition coefficient (Wildman–Crippen LogP) is -0.477. The normalized spacial score (nSPS) is 31.5. The van der Waals surface area contributed by atoms with Gasteiger partial charge in [-0.25, -0.2) is 0 Å². The van der Waals surface area contributed by atoms with Gasteiger partial charge < -0.3 is 15.2 Å². The number of ether oxygens (including phenoxy) is 2. The first kappa shape index (κ1) is 8.49. The summed E-state index contributed by atoms with van der Waals surface area (Å²) in [6, 6.07) is -0.198. The molecule has 0 amide bonds. The van der Waals surface area contributed by atoms with Gasteiger partial charge in [-0.05, 0) is 6.42 Å². The van der Waals surface area contributed by atoms with Gasteiger partial charge in [0.15, 0.2) is 0 Å². The molecule has 4 heteroatoms. The second kappa shape index (κ2) is 3.69. The van der Waals surface area contributed by atoms with Crippen LogP contribution in [0.25, 0.3) is 0 Å². The molecule has 1 heterocycles. The summed E-state index contributed by atoms with van der Waals surface area (Å²) in [7, 11) is 1.38. The molecule has 1 rings (SSSR count). The predicted molar refractivity (Wildman–Crippen MR) is 38.9 cm³/mol. The number of hydrogen-bond acceptors (Lipinski definition) is 4. The van der Waals surface area contributed by atoms with E-state index in [1.165, 1.54) is 7.11 Å². The lowest BCUT2D eigenvalue weighted by atomic mass is 9.96. The van der Waals surface area contributed by atoms with Gasteiger partial charge in [0.1, 0.15) is 0 Å². The van der Waals surface area contributed by atoms with E-state index in [4.69, 9.17) is 10.5 Å². The van der Waals surface area contributed by atoms with Crippen molar-refractivity contribution < 1.29 is 14.3 Å². The summed E-state index contributed by atoms with van der Waals surface area (Å²) in [4.78, 5) is 11.0. The highest BCUT2D eigenvalue weighted by molar-refractivity contribution is 5.73. The van der Waals surface area contributed by atoms with E-state index in [2.05, 4.69) is 4.74 Å². The van der Waals surface area contributed by atoms with Gasteiger partial charge in [-0.3, -0.25) is 4.79 Å². The fraction of sp³-hybridized carbons (Fsp3) is 0.857. The molecule has 0 aromatic heterocycles. The van der Waals surface area contributed by atoms with Crippen LogP contribution in [0.15, 0.2) is 0 Å². The number of carbonyl (C=O) groups excluding carboxylic acids is 1. The Labute approximate surface area is 65.7 Å². The Morgan fingerprint density at radius 1 is 1.73 bits per heavy atom. The SMILES string of the molecule is COC(=O)[C@H]1CCOC[C@H]1N. The van der Waals surface area contributed by atoms with E-state index in [1.54, 1.807) is 0 Å². The molecule has 0 aromatic carbocycles. The Morgan fingerprint density at radius 2 is 2.45 bits per heavy atom. The maximum absolute atomic E-state index is 11.0. The van der Waals surface area contributed by atoms with Gasteiger partial charge in [-0.15, -0.1) is 0 Å². The maximum Gasteiger partial charge on any atom is 0.310 e. The fourth-order valence-electron chi connectivity index (χ4n) is 1.20. The molecule has 0 radical (unpaired) electrons. The van der Waals surface area contributed by atoms with Crippen molar-refractivity contribution in [2.24, 2.45) is 11.7 Å². The van der Waals surface area contributed by atoms with Gasteiger partial charge in [0, 0.05) is 12.6 Å². The van der Waals surface area contributed by atoms with Crippen molar-refractivity contribution in [3.63, 3.8) is 0 Å². The highest BCUT2D eigenvalue weighted by Gasteiger charge is 2.29. The summed E-state index contributed by atoms with van der Waals surface area (Å²) < 4.78 is 9.66. The molecule has 2 atom stereocenters. The second-order valence-electron chi connectivity index (χ2n) is 2.66. The Morgan fingerprint density at radius 3 is 3.00 bits per heavy atom. The van der Waals surface area contributed by atoms with Crippen molar-refractivity contribution in [3.05, 3.63) is 0 Å². The highest BCUT2D eigenvalue weighted by Crippen LogP contribution is 2.14. The highest BCUT2D eigenvalue weighted by atomic mass is 16.5. The molecule has 1 fully saturated rings. The van der Waals surface area contributed by atoms with E-state index in [-0.39, 0.29) is 17.9 Å². The van der Waals surface area contributed by atoms with E-state index in [0.717, 1.165) is 0 Å². The van der Waals surface area contributed by atoms with Crippen LogP contribution in [0, 0.1) is 5.92 Å². The molecule has 0 aliphatic carbocycles. The lowest BCUT2D eigenvalue weighted by molar-refractivity contribution is -0.149. The second-order valence-corrected chi connectivity index (χ2v) is 2.66. The smallest absolute Gasteiger partial charge is 0.310 e. The third-order valence-corrected chi connectivity index (χ3v) is 1.90. The van der Waals surface area contributed by atoms with Crippen LogP contribution in [0.2, 0.25) is 0 Å². The zero-order valence-electron chi connectivity index (χ0n) is 6.58. The summed E-state index contributed by atoms with van der Waals surface area (Å²) >= 11 is 0. The van der Waals surface area contributed by atoms with Gasteiger partial charge in [0.25, 0.3) is 0 Å². The fourth-order valence-corrected chi connectivity index (χ4v) is 1.20. The van der Waals surface area contributed by atoms with Gasteiger partial charge in [0.2, 0.25) is 0 Å². The topological polar surface area (TPSA) is 61.5 Å². The van der Waals surface area contributed by atoms with Crippen molar-refractivity contribution >= 4 is 5.97 Å². The molecular formula is C7H13NO3. The Balaban J connectivity index is 2.47. The van der Waals surface area contributed by atoms with Crippen LogP contribution in [0.5, 0.6) is 0 Å². The molecule has 11 heavy (non-hydrogen) atoms. The lowest BCUT2D eigenvalue weighted by Crippen LogP contribution is -2.43. The zero-order chi connectivity index (χ0) is 8.27. The average molecular weight is 159 g/mol. The first-order chi connectivity index (χ1) is 5.25. The monoisotopic (exact) mass is 159 g/mol. The van der Waals surface area contributed by atoms with Gasteiger partial charge in [0.05, 0.1) is 19.6 Å². The van der Waals surface area contributed by atoms with Crippen LogP contribution < -0.4 is 5.73 Å². The molecule has 0 unspecified atom stereocenters. The van der Waals surface area contributed by atoms with Gasteiger partial charge in [-0.1, -0.05) is 0 Å². The van der Waals surface area contributed by atoms with E-state index < -0.39 is 0 Å². The zero-order valence-corrected chi connectivity index (χ0v) is 6.58. The molecule has 0 bridgehead atoms. The van der Waals surface area contributed by atoms with E-state index in [1.807, 2.05) is 0 Å². The third kappa shape index (κ3) is 1.91. The molecular weight excluding hydrogens is 146 g/mol. The van der Waals surface area contributed by atoms with Crippen molar-refractivity contribution in [2.45, 2.75) is 12.5 Å². The molecule has 1 aliphatic rings. The van der Waals surface area contributed by atoms with E-state index in [0.29, 0.717) is 19.6 Å². The Hall–Kier alpha value is -0.610. The number of esters is 1. The van der Waals surface area contributed by atoms with Crippen LogP contribution in [-0.2, 0) is 14.3 Å². The molecule has 0 aromatic rings. The minimum absolute atomic E-state index is 0.172. The van der Waals surface area contributed by atoms with Crippen LogP contribution >= 0.6 is 0 Å². The summed E-state index contributed by atoms with van der Waals surface area (Å²) in [5.41, 5.74) is 5.63. The van der Waals surface area contributed by atoms with Crippen molar-refractivity contribution in [1.29, 1.82) is 0 Å². The van der Waals surface area contributed by atoms with Crippen molar-refractivity contribution in [1.82, 2.24) is 0 Å². The van der Waals surface area contributed by atoms with Crippen LogP contribution in [0.1, 0.15) is 6.42 Å². The van der Waals surface area contributed by atoms with Gasteiger partial charge in [-0.2, -0.15) is 0 Å². The number of hydrogen-bond donors (Lipinski definition) is 1. The summed E-state index contributed by atoms with van der Waals surface area (Å²) in [6.45, 7) is 1.06. The first-order valence-corrected chi connectivity index (χ1v) is 3.67. The quantitative estimate of drug-likeness (QED) is 0.525. The number of nitrogens with two attached hydrogens (primary N) is 1. The van der Waals surface area contributed by atoms with Crippen LogP contribution in [0.3, 0.4) is 0 Å². The minimum Gasteiger partial charge on any atom is -0.469 e. The molecule has 4 nitrogen and oxygen atoms in total. The molecule has 1 saturated heterocycles. The van der Waals surface area contributed by atoms with Crippen LogP contribution in [-0.4, -0.2) is 32.3 Å². The molecule has 1 aliphatic heterocycles. The lowest BCUT2D eigenvalue weighted by Gasteiger charge is -2.26. The molecule has 64 valence electrons. The van der Waals surface area contributed by atoms with Gasteiger partial charge >= 0.3 is 5.97 Å². The first-order valence-electron chi connectivity index (χ1n) is 3.67. The maximum atomic E-state index is 11.0. The third-order valence-electron chi connectivity index (χ3n) is 1.90. The number of methoxy groups -OCH3 is 1.